The molecule has 0 aromatic carbocycles. The summed E-state index contributed by atoms with van der Waals surface area (Å²) in [4.78, 5) is 0. The molecular formula is C28H44O2. The summed E-state index contributed by atoms with van der Waals surface area (Å²) in [7, 11) is 0. The molecule has 3 aliphatic rings. The van der Waals surface area contributed by atoms with Gasteiger partial charge in [-0.3, -0.25) is 0 Å². The first kappa shape index (κ1) is 23.5. The molecular weight excluding hydrogens is 368 g/mol. The Hall–Kier alpha value is -1.12. The van der Waals surface area contributed by atoms with Gasteiger partial charge in [-0.25, -0.2) is 0 Å². The Morgan fingerprint density at radius 2 is 1.83 bits per heavy atom. The molecule has 0 unspecified atom stereocenters. The minimum atomic E-state index is -0.663. The summed E-state index contributed by atoms with van der Waals surface area (Å²) >= 11 is 0. The van der Waals surface area contributed by atoms with Crippen LogP contribution in [0.4, 0.5) is 0 Å². The highest BCUT2D eigenvalue weighted by Gasteiger charge is 2.50. The van der Waals surface area contributed by atoms with Crippen LogP contribution in [0.25, 0.3) is 0 Å². The lowest BCUT2D eigenvalue weighted by atomic mass is 9.61. The van der Waals surface area contributed by atoms with Crippen molar-refractivity contribution in [2.45, 2.75) is 97.7 Å². The minimum Gasteiger partial charge on any atom is -0.393 e. The molecule has 6 atom stereocenters. The molecule has 0 aromatic heterocycles. The Kier molecular flexibility index (Phi) is 7.19. The average Bonchev–Trinajstić information content (AvgIpc) is 3.03. The van der Waals surface area contributed by atoms with E-state index in [1.54, 1.807) is 5.57 Å². The molecule has 3 aliphatic carbocycles. The highest BCUT2D eigenvalue weighted by molar-refractivity contribution is 5.36. The van der Waals surface area contributed by atoms with Crippen molar-refractivity contribution < 1.29 is 10.2 Å². The van der Waals surface area contributed by atoms with Crippen LogP contribution >= 0.6 is 0 Å². The van der Waals surface area contributed by atoms with Crippen molar-refractivity contribution in [3.8, 4) is 0 Å². The molecule has 3 saturated carbocycles. The number of rotatable bonds is 5. The van der Waals surface area contributed by atoms with Crippen molar-refractivity contribution in [1.29, 1.82) is 0 Å². The number of fused-ring (bicyclic) bond motifs is 1. The van der Waals surface area contributed by atoms with Crippen LogP contribution in [0.3, 0.4) is 0 Å². The maximum atomic E-state index is 10.3. The van der Waals surface area contributed by atoms with Gasteiger partial charge in [-0.15, -0.1) is 0 Å². The van der Waals surface area contributed by atoms with Crippen LogP contribution < -0.4 is 0 Å². The number of allylic oxidation sites excluding steroid dienone is 5. The van der Waals surface area contributed by atoms with Gasteiger partial charge in [-0.1, -0.05) is 62.8 Å². The van der Waals surface area contributed by atoms with Crippen molar-refractivity contribution in [2.24, 2.45) is 29.1 Å². The van der Waals surface area contributed by atoms with Crippen molar-refractivity contribution in [2.75, 3.05) is 0 Å². The van der Waals surface area contributed by atoms with E-state index in [-0.39, 0.29) is 12.0 Å². The number of hydrogen-bond acceptors (Lipinski definition) is 2. The SMILES string of the molecule is C=C1CC[C@H](O)CC1=C/C=C1\CCC[C@]2(C)[C@@H]([C@H](C)/C=C/[C@H](C)C(C)(C)O)CC[C@@H]12. The van der Waals surface area contributed by atoms with E-state index in [4.69, 9.17) is 0 Å². The number of hydrogen-bond donors (Lipinski definition) is 2. The van der Waals surface area contributed by atoms with E-state index in [1.165, 1.54) is 43.3 Å². The van der Waals surface area contributed by atoms with Gasteiger partial charge in [-0.05, 0) is 94.0 Å². The molecule has 30 heavy (non-hydrogen) atoms. The fourth-order valence-corrected chi connectivity index (χ4v) is 6.25. The van der Waals surface area contributed by atoms with E-state index < -0.39 is 5.60 Å². The molecule has 0 heterocycles. The third-order valence-electron chi connectivity index (χ3n) is 8.68. The zero-order valence-electron chi connectivity index (χ0n) is 20.0. The summed E-state index contributed by atoms with van der Waals surface area (Å²) in [6.07, 6.45) is 18.0. The van der Waals surface area contributed by atoms with Gasteiger partial charge in [0.05, 0.1) is 11.7 Å². The van der Waals surface area contributed by atoms with Crippen LogP contribution in [-0.4, -0.2) is 21.9 Å². The van der Waals surface area contributed by atoms with E-state index in [9.17, 15) is 10.2 Å². The first-order valence-electron chi connectivity index (χ1n) is 12.2. The van der Waals surface area contributed by atoms with Crippen LogP contribution in [0.5, 0.6) is 0 Å². The molecule has 0 bridgehead atoms. The van der Waals surface area contributed by atoms with Crippen LogP contribution in [0, 0.1) is 29.1 Å². The molecule has 2 heteroatoms. The smallest absolute Gasteiger partial charge is 0.0651 e. The maximum Gasteiger partial charge on any atom is 0.0651 e. The van der Waals surface area contributed by atoms with E-state index in [0.717, 1.165) is 19.3 Å². The Morgan fingerprint density at radius 1 is 1.10 bits per heavy atom. The fraction of sp³-hybridized carbons (Fsp3) is 0.714. The van der Waals surface area contributed by atoms with E-state index in [2.05, 4.69) is 51.7 Å². The summed E-state index contributed by atoms with van der Waals surface area (Å²) < 4.78 is 0. The van der Waals surface area contributed by atoms with Crippen molar-refractivity contribution >= 4 is 0 Å². The van der Waals surface area contributed by atoms with E-state index >= 15 is 0 Å². The van der Waals surface area contributed by atoms with Gasteiger partial charge in [0.15, 0.2) is 0 Å². The normalized spacial score (nSPS) is 37.7. The molecule has 0 spiro atoms. The van der Waals surface area contributed by atoms with Crippen LogP contribution in [0.15, 0.2) is 47.6 Å². The van der Waals surface area contributed by atoms with Crippen LogP contribution in [0.1, 0.15) is 86.0 Å². The molecule has 0 aliphatic heterocycles. The number of aliphatic hydroxyl groups excluding tert-OH is 1. The van der Waals surface area contributed by atoms with Gasteiger partial charge in [0, 0.05) is 5.92 Å². The summed E-state index contributed by atoms with van der Waals surface area (Å²) in [5.74, 6) is 2.08. The summed E-state index contributed by atoms with van der Waals surface area (Å²) in [6.45, 7) is 15.0. The van der Waals surface area contributed by atoms with Crippen LogP contribution in [-0.2, 0) is 0 Å². The second kappa shape index (κ2) is 9.17. The summed E-state index contributed by atoms with van der Waals surface area (Å²) in [6, 6.07) is 0. The minimum absolute atomic E-state index is 0.164. The third-order valence-corrected chi connectivity index (χ3v) is 8.68. The lowest BCUT2D eigenvalue weighted by Crippen LogP contribution is -2.35. The standard InChI is InChI=1S/C28H44O2/c1-19-10-14-24(29)18-23(19)13-12-22-8-7-17-28(6)25(15-16-26(22)28)20(2)9-11-21(3)27(4,5)30/h9,11-13,20-21,24-26,29-30H,1,7-8,10,14-18H2,2-6H3/b11-9+,22-12+,23-13?/t20-,21+,24+,25-,26+,28-/m1/s1. The average molecular weight is 413 g/mol. The molecule has 2 N–H and O–H groups in total. The molecule has 0 amide bonds. The van der Waals surface area contributed by atoms with E-state index in [0.29, 0.717) is 23.2 Å². The monoisotopic (exact) mass is 412 g/mol. The maximum absolute atomic E-state index is 10.3. The fourth-order valence-electron chi connectivity index (χ4n) is 6.25. The molecule has 3 fully saturated rings. The van der Waals surface area contributed by atoms with Gasteiger partial charge in [0.25, 0.3) is 0 Å². The molecule has 0 saturated heterocycles. The molecule has 2 nitrogen and oxygen atoms in total. The van der Waals surface area contributed by atoms with Gasteiger partial charge in [0.1, 0.15) is 0 Å². The lowest BCUT2D eigenvalue weighted by molar-refractivity contribution is 0.0436. The quantitative estimate of drug-likeness (QED) is 0.490. The third kappa shape index (κ3) is 5.02. The Bertz CT molecular complexity index is 719. The first-order chi connectivity index (χ1) is 14.0. The predicted molar refractivity (Wildman–Crippen MR) is 127 cm³/mol. The van der Waals surface area contributed by atoms with Gasteiger partial charge in [0.2, 0.25) is 0 Å². The second-order valence-electron chi connectivity index (χ2n) is 11.2. The highest BCUT2D eigenvalue weighted by Crippen LogP contribution is 2.59. The number of aliphatic hydroxyl groups is 2. The summed E-state index contributed by atoms with van der Waals surface area (Å²) in [5, 5.41) is 20.3. The van der Waals surface area contributed by atoms with Crippen molar-refractivity contribution in [3.05, 3.63) is 47.6 Å². The molecule has 3 rings (SSSR count). The van der Waals surface area contributed by atoms with E-state index in [1.807, 2.05) is 13.8 Å². The van der Waals surface area contributed by atoms with Crippen molar-refractivity contribution in [1.82, 2.24) is 0 Å². The predicted octanol–water partition coefficient (Wildman–Crippen LogP) is 6.76. The van der Waals surface area contributed by atoms with Gasteiger partial charge >= 0.3 is 0 Å². The zero-order chi connectivity index (χ0) is 22.1. The second-order valence-corrected chi connectivity index (χ2v) is 11.2. The summed E-state index contributed by atoms with van der Waals surface area (Å²) in [5.41, 5.74) is 3.78. The topological polar surface area (TPSA) is 40.5 Å². The lowest BCUT2D eigenvalue weighted by Gasteiger charge is -2.44. The van der Waals surface area contributed by atoms with Gasteiger partial charge < -0.3 is 10.2 Å². The first-order valence-corrected chi connectivity index (χ1v) is 12.2. The molecule has 0 radical (unpaired) electrons. The molecule has 0 aromatic rings. The highest BCUT2D eigenvalue weighted by atomic mass is 16.3. The largest absolute Gasteiger partial charge is 0.393 e. The Morgan fingerprint density at radius 3 is 2.53 bits per heavy atom. The van der Waals surface area contributed by atoms with Crippen LogP contribution in [0.2, 0.25) is 0 Å². The van der Waals surface area contributed by atoms with Gasteiger partial charge in [-0.2, -0.15) is 0 Å². The van der Waals surface area contributed by atoms with Crippen molar-refractivity contribution in [3.63, 3.8) is 0 Å². The zero-order valence-corrected chi connectivity index (χ0v) is 20.0. The Labute approximate surface area is 184 Å². The molecule has 168 valence electrons. The Balaban J connectivity index is 1.75.